The molecule has 94 heavy (non-hydrogen) atoms. The fraction of sp³-hybridized carbons (Fsp3) is 0.840. The number of carbonyl (C=O) groups excluding carboxylic acids is 4. The highest BCUT2D eigenvalue weighted by molar-refractivity contribution is 7.47. The SMILES string of the molecule is CCCCCC/C=C\C=C/CCCCCCCC(=O)OC[C@H](COP(=O)(O)OC[C@@H](O)COP(=O)(O)OC[C@@H](COC(=O)CCCCCCCCCCCCCCC)OC(=O)CCCCCCC/C=C\CCCCCC)OC(=O)CCCCCCC/C=C\CCCCCC. The standard InChI is InChI=1S/C75H138O17P2/c1-5-9-13-17-21-25-29-33-34-38-40-44-48-52-56-60-73(78)86-66-71(92-75(80)62-58-54-50-46-42-37-32-28-24-20-16-12-8-4)68-90-94(83,84)88-64-69(76)63-87-93(81,82)89-67-70(91-74(79)61-57-53-49-45-41-36-31-27-23-19-15-11-7-3)65-85-72(77)59-55-51-47-43-39-35-30-26-22-18-14-10-6-2/h25,27-29,31-34,69-71,76H,5-24,26,30,35-68H2,1-4H3,(H,81,82)(H,83,84)/b29-25-,31-27-,32-28-,34-33-/t69-,70+,71+/m0/s1. The Balaban J connectivity index is 5.32. The number of allylic oxidation sites excluding steroid dienone is 8. The van der Waals surface area contributed by atoms with Crippen LogP contribution in [-0.4, -0.2) is 96.7 Å². The van der Waals surface area contributed by atoms with Crippen molar-refractivity contribution in [1.29, 1.82) is 0 Å². The molecule has 0 aromatic carbocycles. The summed E-state index contributed by atoms with van der Waals surface area (Å²) < 4.78 is 68.4. The first-order chi connectivity index (χ1) is 45.7. The maximum Gasteiger partial charge on any atom is 0.472 e. The first-order valence-corrected chi connectivity index (χ1v) is 40.9. The maximum absolute atomic E-state index is 13.0. The van der Waals surface area contributed by atoms with E-state index in [1.165, 1.54) is 135 Å². The van der Waals surface area contributed by atoms with Gasteiger partial charge in [0, 0.05) is 25.7 Å². The van der Waals surface area contributed by atoms with Crippen LogP contribution in [0.15, 0.2) is 48.6 Å². The molecule has 0 amide bonds. The lowest BCUT2D eigenvalue weighted by molar-refractivity contribution is -0.161. The largest absolute Gasteiger partial charge is 0.472 e. The Morgan fingerprint density at radius 3 is 0.809 bits per heavy atom. The summed E-state index contributed by atoms with van der Waals surface area (Å²) in [5, 5.41) is 10.6. The third kappa shape index (κ3) is 67.6. The van der Waals surface area contributed by atoms with Gasteiger partial charge in [-0.3, -0.25) is 37.3 Å². The van der Waals surface area contributed by atoms with E-state index in [0.29, 0.717) is 25.7 Å². The molecule has 550 valence electrons. The van der Waals surface area contributed by atoms with E-state index in [2.05, 4.69) is 76.3 Å². The maximum atomic E-state index is 13.0. The second kappa shape index (κ2) is 68.5. The summed E-state index contributed by atoms with van der Waals surface area (Å²) in [6.07, 6.45) is 63.8. The summed E-state index contributed by atoms with van der Waals surface area (Å²) in [6, 6.07) is 0. The molecule has 5 atom stereocenters. The summed E-state index contributed by atoms with van der Waals surface area (Å²) in [4.78, 5) is 72.7. The van der Waals surface area contributed by atoms with E-state index in [0.717, 1.165) is 135 Å². The molecule has 17 nitrogen and oxygen atoms in total. The van der Waals surface area contributed by atoms with E-state index in [1.807, 2.05) is 0 Å². The number of aliphatic hydroxyl groups is 1. The van der Waals surface area contributed by atoms with Crippen LogP contribution in [0.5, 0.6) is 0 Å². The number of phosphoric ester groups is 2. The molecular formula is C75H138O17P2. The molecule has 0 aliphatic carbocycles. The third-order valence-corrected chi connectivity index (χ3v) is 18.2. The summed E-state index contributed by atoms with van der Waals surface area (Å²) in [6.45, 7) is 4.84. The van der Waals surface area contributed by atoms with Crippen LogP contribution in [0.25, 0.3) is 0 Å². The van der Waals surface area contributed by atoms with Crippen molar-refractivity contribution >= 4 is 39.5 Å². The number of phosphoric acid groups is 2. The first kappa shape index (κ1) is 91.0. The molecule has 0 fully saturated rings. The minimum atomic E-state index is -4.97. The molecule has 19 heteroatoms. The minimum absolute atomic E-state index is 0.0859. The smallest absolute Gasteiger partial charge is 0.462 e. The molecule has 0 aromatic rings. The second-order valence-corrected chi connectivity index (χ2v) is 28.5. The van der Waals surface area contributed by atoms with Crippen LogP contribution in [0.3, 0.4) is 0 Å². The molecule has 0 saturated carbocycles. The topological polar surface area (TPSA) is 237 Å². The van der Waals surface area contributed by atoms with E-state index in [4.69, 9.17) is 37.0 Å². The molecule has 0 bridgehead atoms. The molecular weight excluding hydrogens is 1230 g/mol. The average Bonchev–Trinajstić information content (AvgIpc) is 1.67. The monoisotopic (exact) mass is 1370 g/mol. The van der Waals surface area contributed by atoms with E-state index >= 15 is 0 Å². The normalized spacial score (nSPS) is 14.2. The van der Waals surface area contributed by atoms with Gasteiger partial charge in [-0.05, 0) is 103 Å². The average molecular weight is 1370 g/mol. The highest BCUT2D eigenvalue weighted by atomic mass is 31.2. The molecule has 0 heterocycles. The zero-order valence-corrected chi connectivity index (χ0v) is 61.7. The number of rotatable bonds is 72. The van der Waals surface area contributed by atoms with Gasteiger partial charge in [-0.25, -0.2) is 9.13 Å². The highest BCUT2D eigenvalue weighted by Crippen LogP contribution is 2.45. The molecule has 0 rings (SSSR count). The predicted octanol–water partition coefficient (Wildman–Crippen LogP) is 21.3. The summed E-state index contributed by atoms with van der Waals surface area (Å²) >= 11 is 0. The quantitative estimate of drug-likeness (QED) is 0.0128. The van der Waals surface area contributed by atoms with E-state index in [1.54, 1.807) is 0 Å². The Morgan fingerprint density at radius 1 is 0.298 bits per heavy atom. The van der Waals surface area contributed by atoms with E-state index < -0.39 is 97.5 Å². The summed E-state index contributed by atoms with van der Waals surface area (Å²) in [5.74, 6) is -2.18. The summed E-state index contributed by atoms with van der Waals surface area (Å²) in [5.41, 5.74) is 0. The van der Waals surface area contributed by atoms with Crippen LogP contribution in [0.2, 0.25) is 0 Å². The number of esters is 4. The molecule has 0 aliphatic rings. The highest BCUT2D eigenvalue weighted by Gasteiger charge is 2.30. The summed E-state index contributed by atoms with van der Waals surface area (Å²) in [7, 11) is -9.93. The molecule has 0 aliphatic heterocycles. The Labute approximate surface area is 572 Å². The second-order valence-electron chi connectivity index (χ2n) is 25.6. The van der Waals surface area contributed by atoms with Gasteiger partial charge in [0.25, 0.3) is 0 Å². The van der Waals surface area contributed by atoms with E-state index in [-0.39, 0.29) is 25.7 Å². The lowest BCUT2D eigenvalue weighted by atomic mass is 10.0. The van der Waals surface area contributed by atoms with Gasteiger partial charge in [0.05, 0.1) is 26.4 Å². The van der Waals surface area contributed by atoms with Crippen LogP contribution in [0.4, 0.5) is 0 Å². The van der Waals surface area contributed by atoms with Crippen molar-refractivity contribution in [2.45, 2.75) is 367 Å². The van der Waals surface area contributed by atoms with Crippen molar-refractivity contribution in [3.8, 4) is 0 Å². The molecule has 3 N–H and O–H groups in total. The van der Waals surface area contributed by atoms with Crippen LogP contribution in [0.1, 0.15) is 349 Å². The van der Waals surface area contributed by atoms with Crippen molar-refractivity contribution in [2.24, 2.45) is 0 Å². The van der Waals surface area contributed by atoms with Crippen LogP contribution >= 0.6 is 15.6 Å². The van der Waals surface area contributed by atoms with Crippen LogP contribution < -0.4 is 0 Å². The molecule has 0 saturated heterocycles. The van der Waals surface area contributed by atoms with Gasteiger partial charge < -0.3 is 33.8 Å². The zero-order chi connectivity index (χ0) is 69.0. The predicted molar refractivity (Wildman–Crippen MR) is 381 cm³/mol. The molecule has 0 aromatic heterocycles. The van der Waals surface area contributed by atoms with Gasteiger partial charge >= 0.3 is 39.5 Å². The van der Waals surface area contributed by atoms with Crippen LogP contribution in [0, 0.1) is 0 Å². The number of hydrogen-bond donors (Lipinski definition) is 3. The van der Waals surface area contributed by atoms with Crippen LogP contribution in [-0.2, 0) is 65.4 Å². The van der Waals surface area contributed by atoms with Gasteiger partial charge in [-0.15, -0.1) is 0 Å². The number of hydrogen-bond acceptors (Lipinski definition) is 15. The lowest BCUT2D eigenvalue weighted by Crippen LogP contribution is -2.30. The van der Waals surface area contributed by atoms with Gasteiger partial charge in [0.2, 0.25) is 0 Å². The number of aliphatic hydroxyl groups excluding tert-OH is 1. The van der Waals surface area contributed by atoms with E-state index in [9.17, 15) is 43.2 Å². The fourth-order valence-corrected chi connectivity index (χ4v) is 12.0. The zero-order valence-electron chi connectivity index (χ0n) is 59.9. The van der Waals surface area contributed by atoms with Gasteiger partial charge in [0.15, 0.2) is 12.2 Å². The molecule has 2 unspecified atom stereocenters. The van der Waals surface area contributed by atoms with Crippen molar-refractivity contribution in [1.82, 2.24) is 0 Å². The van der Waals surface area contributed by atoms with Crippen molar-refractivity contribution in [2.75, 3.05) is 39.6 Å². The Hall–Kier alpha value is -2.98. The number of ether oxygens (including phenoxy) is 4. The Bertz CT molecular complexity index is 1980. The Morgan fingerprint density at radius 2 is 0.521 bits per heavy atom. The van der Waals surface area contributed by atoms with Gasteiger partial charge in [0.1, 0.15) is 19.3 Å². The third-order valence-electron chi connectivity index (χ3n) is 16.3. The minimum Gasteiger partial charge on any atom is -0.462 e. The Kier molecular flexibility index (Phi) is 66.4. The van der Waals surface area contributed by atoms with Crippen molar-refractivity contribution in [3.63, 3.8) is 0 Å². The molecule has 0 spiro atoms. The van der Waals surface area contributed by atoms with Gasteiger partial charge in [-0.2, -0.15) is 0 Å². The number of carbonyl (C=O) groups is 4. The van der Waals surface area contributed by atoms with Crippen molar-refractivity contribution in [3.05, 3.63) is 48.6 Å². The van der Waals surface area contributed by atoms with Gasteiger partial charge in [-0.1, -0.05) is 269 Å². The lowest BCUT2D eigenvalue weighted by Gasteiger charge is -2.21. The van der Waals surface area contributed by atoms with Crippen molar-refractivity contribution < 1.29 is 80.2 Å². The fourth-order valence-electron chi connectivity index (χ4n) is 10.4. The first-order valence-electron chi connectivity index (χ1n) is 37.9. The number of unbranched alkanes of at least 4 members (excludes halogenated alkanes) is 39. The molecule has 0 radical (unpaired) electrons.